The number of ether oxygens (including phenoxy) is 1. The molecule has 162 valence electrons. The fourth-order valence-corrected chi connectivity index (χ4v) is 4.57. The molecule has 0 aromatic heterocycles. The quantitative estimate of drug-likeness (QED) is 0.612. The monoisotopic (exact) mass is 425 g/mol. The Morgan fingerprint density at radius 2 is 1.76 bits per heavy atom. The van der Waals surface area contributed by atoms with E-state index in [2.05, 4.69) is 10.6 Å². The van der Waals surface area contributed by atoms with E-state index in [0.717, 1.165) is 5.56 Å². The van der Waals surface area contributed by atoms with Crippen LogP contribution in [0.5, 0.6) is 0 Å². The molecule has 9 heteroatoms. The number of rotatable bonds is 9. The molecule has 1 aromatic carbocycles. The second-order valence-corrected chi connectivity index (χ2v) is 9.46. The van der Waals surface area contributed by atoms with Crippen molar-refractivity contribution in [2.45, 2.75) is 44.0 Å². The van der Waals surface area contributed by atoms with Crippen molar-refractivity contribution in [1.82, 2.24) is 14.9 Å². The zero-order valence-corrected chi connectivity index (χ0v) is 18.1. The van der Waals surface area contributed by atoms with Gasteiger partial charge in [-0.1, -0.05) is 26.0 Å². The van der Waals surface area contributed by atoms with E-state index in [4.69, 9.17) is 4.74 Å². The van der Waals surface area contributed by atoms with Crippen molar-refractivity contribution in [3.8, 4) is 0 Å². The molecule has 1 saturated heterocycles. The number of likely N-dealkylation sites (N-methyl/N-ethyl adjacent to an activating group) is 1. The van der Waals surface area contributed by atoms with E-state index in [1.807, 2.05) is 13.8 Å². The minimum atomic E-state index is -3.52. The summed E-state index contributed by atoms with van der Waals surface area (Å²) in [4.78, 5) is 24.4. The average molecular weight is 426 g/mol. The molecule has 1 heterocycles. The van der Waals surface area contributed by atoms with E-state index in [1.54, 1.807) is 31.3 Å². The molecule has 0 saturated carbocycles. The highest BCUT2D eigenvalue weighted by atomic mass is 32.2. The summed E-state index contributed by atoms with van der Waals surface area (Å²) in [6.45, 7) is 5.50. The lowest BCUT2D eigenvalue weighted by Gasteiger charge is -2.26. The van der Waals surface area contributed by atoms with Gasteiger partial charge < -0.3 is 15.4 Å². The lowest BCUT2D eigenvalue weighted by Crippen LogP contribution is -2.46. The number of nitrogens with one attached hydrogen (secondary N) is 2. The van der Waals surface area contributed by atoms with Crippen LogP contribution in [-0.4, -0.2) is 63.9 Å². The topological polar surface area (TPSA) is 105 Å². The third-order valence-electron chi connectivity index (χ3n) is 4.78. The van der Waals surface area contributed by atoms with Gasteiger partial charge in [0.25, 0.3) is 0 Å². The molecule has 1 aliphatic heterocycles. The Hall–Kier alpha value is -1.97. The first-order valence-electron chi connectivity index (χ1n) is 9.92. The van der Waals surface area contributed by atoms with Crippen LogP contribution in [0.2, 0.25) is 0 Å². The molecule has 0 bridgehead atoms. The number of carbonyl (C=O) groups excluding carboxylic acids is 2. The van der Waals surface area contributed by atoms with Gasteiger partial charge in [0.05, 0.1) is 18.1 Å². The van der Waals surface area contributed by atoms with Crippen LogP contribution in [0.1, 0.15) is 32.3 Å². The summed E-state index contributed by atoms with van der Waals surface area (Å²) in [5.41, 5.74) is 0.862. The fourth-order valence-electron chi connectivity index (χ4n) is 3.17. The number of hydrogen-bond donors (Lipinski definition) is 2. The highest BCUT2D eigenvalue weighted by Crippen LogP contribution is 2.18. The molecule has 2 amide bonds. The minimum Gasteiger partial charge on any atom is -0.379 e. The van der Waals surface area contributed by atoms with Crippen LogP contribution in [0.15, 0.2) is 29.2 Å². The van der Waals surface area contributed by atoms with Gasteiger partial charge in [0.1, 0.15) is 6.04 Å². The van der Waals surface area contributed by atoms with Crippen LogP contribution in [0.25, 0.3) is 0 Å². The second-order valence-electron chi connectivity index (χ2n) is 7.52. The maximum atomic E-state index is 12.6. The number of sulfonamides is 1. The van der Waals surface area contributed by atoms with E-state index in [1.165, 1.54) is 4.31 Å². The van der Waals surface area contributed by atoms with Gasteiger partial charge in [-0.2, -0.15) is 4.31 Å². The minimum absolute atomic E-state index is 0.204. The van der Waals surface area contributed by atoms with Gasteiger partial charge >= 0.3 is 0 Å². The van der Waals surface area contributed by atoms with Crippen LogP contribution in [0.3, 0.4) is 0 Å². The van der Waals surface area contributed by atoms with Crippen molar-refractivity contribution in [3.05, 3.63) is 29.8 Å². The summed E-state index contributed by atoms with van der Waals surface area (Å²) < 4.78 is 31.9. The second kappa shape index (κ2) is 10.7. The van der Waals surface area contributed by atoms with Gasteiger partial charge in [-0.15, -0.1) is 0 Å². The normalized spacial score (nSPS) is 16.4. The third kappa shape index (κ3) is 6.80. The van der Waals surface area contributed by atoms with Gasteiger partial charge in [0.2, 0.25) is 21.8 Å². The number of morpholine rings is 1. The molecule has 1 atom stereocenters. The Bertz CT molecular complexity index is 787. The molecule has 0 radical (unpaired) electrons. The van der Waals surface area contributed by atoms with Crippen molar-refractivity contribution in [2.75, 3.05) is 33.4 Å². The van der Waals surface area contributed by atoms with Crippen molar-refractivity contribution in [1.29, 1.82) is 0 Å². The number of hydrogen-bond acceptors (Lipinski definition) is 5. The zero-order chi connectivity index (χ0) is 21.4. The van der Waals surface area contributed by atoms with E-state index in [-0.39, 0.29) is 29.0 Å². The van der Waals surface area contributed by atoms with Gasteiger partial charge in [0, 0.05) is 26.6 Å². The summed E-state index contributed by atoms with van der Waals surface area (Å²) in [5, 5.41) is 5.36. The first kappa shape index (κ1) is 23.3. The Kier molecular flexibility index (Phi) is 8.60. The standard InChI is InChI=1S/C20H31N3O5S/c1-15(2)14-18(20(25)21-3)22-19(24)9-6-16-4-7-17(8-5-16)29(26,27)23-10-12-28-13-11-23/h4-5,7-8,15,18H,6,9-14H2,1-3H3,(H,21,25)(H,22,24). The lowest BCUT2D eigenvalue weighted by atomic mass is 10.0. The van der Waals surface area contributed by atoms with Gasteiger partial charge in [-0.25, -0.2) is 8.42 Å². The predicted octanol–water partition coefficient (Wildman–Crippen LogP) is 0.917. The summed E-state index contributed by atoms with van der Waals surface area (Å²) in [5.74, 6) is -0.132. The largest absolute Gasteiger partial charge is 0.379 e. The molecule has 0 spiro atoms. The number of aryl methyl sites for hydroxylation is 1. The maximum absolute atomic E-state index is 12.6. The first-order valence-corrected chi connectivity index (χ1v) is 11.4. The molecule has 2 N–H and O–H groups in total. The Balaban J connectivity index is 1.92. The summed E-state index contributed by atoms with van der Waals surface area (Å²) >= 11 is 0. The maximum Gasteiger partial charge on any atom is 0.243 e. The number of carbonyl (C=O) groups is 2. The summed E-state index contributed by atoms with van der Waals surface area (Å²) in [7, 11) is -1.97. The predicted molar refractivity (Wildman–Crippen MR) is 110 cm³/mol. The van der Waals surface area contributed by atoms with Crippen molar-refractivity contribution >= 4 is 21.8 Å². The van der Waals surface area contributed by atoms with Gasteiger partial charge in [-0.05, 0) is 36.5 Å². The third-order valence-corrected chi connectivity index (χ3v) is 6.69. The number of benzene rings is 1. The lowest BCUT2D eigenvalue weighted by molar-refractivity contribution is -0.129. The van der Waals surface area contributed by atoms with Crippen LogP contribution in [-0.2, 0) is 30.8 Å². The van der Waals surface area contributed by atoms with E-state index < -0.39 is 16.1 Å². The number of amides is 2. The Morgan fingerprint density at radius 3 is 2.31 bits per heavy atom. The highest BCUT2D eigenvalue weighted by molar-refractivity contribution is 7.89. The Morgan fingerprint density at radius 1 is 1.14 bits per heavy atom. The molecule has 0 aliphatic carbocycles. The molecule has 1 unspecified atom stereocenters. The molecule has 1 aliphatic rings. The SMILES string of the molecule is CNC(=O)C(CC(C)C)NC(=O)CCc1ccc(S(=O)(=O)N2CCOCC2)cc1. The average Bonchev–Trinajstić information content (AvgIpc) is 2.71. The molecule has 2 rings (SSSR count). The molecule has 8 nitrogen and oxygen atoms in total. The van der Waals surface area contributed by atoms with Crippen LogP contribution >= 0.6 is 0 Å². The zero-order valence-electron chi connectivity index (χ0n) is 17.3. The molecular formula is C20H31N3O5S. The Labute approximate surface area is 173 Å². The van der Waals surface area contributed by atoms with Crippen molar-refractivity contribution in [2.24, 2.45) is 5.92 Å². The molecule has 1 fully saturated rings. The molecular weight excluding hydrogens is 394 g/mol. The molecule has 1 aromatic rings. The molecule has 29 heavy (non-hydrogen) atoms. The van der Waals surface area contributed by atoms with Crippen LogP contribution in [0.4, 0.5) is 0 Å². The van der Waals surface area contributed by atoms with Crippen molar-refractivity contribution < 1.29 is 22.7 Å². The summed E-state index contributed by atoms with van der Waals surface area (Å²) in [6.07, 6.45) is 1.26. The van der Waals surface area contributed by atoms with Crippen molar-refractivity contribution in [3.63, 3.8) is 0 Å². The van der Waals surface area contributed by atoms with E-state index >= 15 is 0 Å². The van der Waals surface area contributed by atoms with Crippen LogP contribution in [0, 0.1) is 5.92 Å². The summed E-state index contributed by atoms with van der Waals surface area (Å²) in [6, 6.07) is 6.05. The van der Waals surface area contributed by atoms with E-state index in [9.17, 15) is 18.0 Å². The van der Waals surface area contributed by atoms with Crippen LogP contribution < -0.4 is 10.6 Å². The number of nitrogens with zero attached hydrogens (tertiary/aromatic N) is 1. The fraction of sp³-hybridized carbons (Fsp3) is 0.600. The van der Waals surface area contributed by atoms with E-state index in [0.29, 0.717) is 39.1 Å². The first-order chi connectivity index (χ1) is 13.7. The van der Waals surface area contributed by atoms with Gasteiger partial charge in [0.15, 0.2) is 0 Å². The highest BCUT2D eigenvalue weighted by Gasteiger charge is 2.26. The smallest absolute Gasteiger partial charge is 0.243 e. The van der Waals surface area contributed by atoms with Gasteiger partial charge in [-0.3, -0.25) is 9.59 Å².